The molecule has 148 valence electrons. The van der Waals surface area contributed by atoms with Gasteiger partial charge in [0.15, 0.2) is 0 Å². The van der Waals surface area contributed by atoms with Crippen LogP contribution in [0.2, 0.25) is 0 Å². The zero-order chi connectivity index (χ0) is 20.1. The van der Waals surface area contributed by atoms with Crippen LogP contribution in [0.4, 0.5) is 4.39 Å². The van der Waals surface area contributed by atoms with Crippen molar-refractivity contribution in [2.45, 2.75) is 38.3 Å². The number of hydrogen-bond donors (Lipinski definition) is 1. The van der Waals surface area contributed by atoms with Crippen molar-refractivity contribution in [1.29, 1.82) is 0 Å². The fourth-order valence-electron chi connectivity index (χ4n) is 3.72. The third kappa shape index (κ3) is 4.68. The number of halogens is 1. The second-order valence-corrected chi connectivity index (χ2v) is 7.03. The molecule has 0 bridgehead atoms. The minimum Gasteiger partial charge on any atom is -0.497 e. The van der Waals surface area contributed by atoms with Gasteiger partial charge in [0.05, 0.1) is 25.6 Å². The monoisotopic (exact) mass is 384 g/mol. The number of benzene rings is 2. The predicted octanol–water partition coefficient (Wildman–Crippen LogP) is 3.77. The van der Waals surface area contributed by atoms with Gasteiger partial charge in [0, 0.05) is 13.5 Å². The summed E-state index contributed by atoms with van der Waals surface area (Å²) in [5.74, 6) is 0.212. The molecule has 0 radical (unpaired) electrons. The summed E-state index contributed by atoms with van der Waals surface area (Å²) in [5.41, 5.74) is 1.79. The number of amides is 2. The van der Waals surface area contributed by atoms with Crippen molar-refractivity contribution in [3.05, 3.63) is 65.5 Å². The lowest BCUT2D eigenvalue weighted by Gasteiger charge is -2.27. The predicted molar refractivity (Wildman–Crippen MR) is 104 cm³/mol. The fourth-order valence-corrected chi connectivity index (χ4v) is 3.72. The van der Waals surface area contributed by atoms with Gasteiger partial charge in [-0.15, -0.1) is 0 Å². The molecular formula is C22H25FN2O3. The molecule has 1 aliphatic heterocycles. The maximum atomic E-state index is 13.2. The van der Waals surface area contributed by atoms with Gasteiger partial charge in [-0.1, -0.05) is 24.3 Å². The van der Waals surface area contributed by atoms with E-state index in [-0.39, 0.29) is 30.1 Å². The van der Waals surface area contributed by atoms with Crippen LogP contribution in [-0.4, -0.2) is 30.4 Å². The Kier molecular flexibility index (Phi) is 6.29. The van der Waals surface area contributed by atoms with E-state index in [0.29, 0.717) is 12.3 Å². The maximum absolute atomic E-state index is 13.2. The standard InChI is InChI=1S/C22H25FN2O3/c1-15(26)24-20(16-7-11-19(28-2)12-8-16)14-22(27)25-13-3-4-21(25)17-5-9-18(23)10-6-17/h5-12,20-21H,3-4,13-14H2,1-2H3,(H,24,26)/t20-,21+/m1/s1. The van der Waals surface area contributed by atoms with Crippen LogP contribution in [-0.2, 0) is 9.59 Å². The fraction of sp³-hybridized carbons (Fsp3) is 0.364. The van der Waals surface area contributed by atoms with Crippen LogP contribution in [0.1, 0.15) is 49.4 Å². The van der Waals surface area contributed by atoms with Gasteiger partial charge >= 0.3 is 0 Å². The first-order valence-electron chi connectivity index (χ1n) is 9.44. The number of nitrogens with one attached hydrogen (secondary N) is 1. The van der Waals surface area contributed by atoms with E-state index in [0.717, 1.165) is 24.0 Å². The van der Waals surface area contributed by atoms with Gasteiger partial charge in [-0.2, -0.15) is 0 Å². The Morgan fingerprint density at radius 2 is 1.86 bits per heavy atom. The Labute approximate surface area is 164 Å². The highest BCUT2D eigenvalue weighted by Crippen LogP contribution is 2.33. The molecule has 1 fully saturated rings. The summed E-state index contributed by atoms with van der Waals surface area (Å²) in [6.07, 6.45) is 1.93. The minimum absolute atomic E-state index is 0.0265. The van der Waals surface area contributed by atoms with Gasteiger partial charge in [0.2, 0.25) is 11.8 Å². The Morgan fingerprint density at radius 1 is 1.18 bits per heavy atom. The maximum Gasteiger partial charge on any atom is 0.225 e. The number of rotatable bonds is 6. The molecule has 1 aliphatic rings. The molecule has 1 N–H and O–H groups in total. The summed E-state index contributed by atoms with van der Waals surface area (Å²) < 4.78 is 18.4. The largest absolute Gasteiger partial charge is 0.497 e. The third-order valence-corrected chi connectivity index (χ3v) is 5.10. The Hall–Kier alpha value is -2.89. The Bertz CT molecular complexity index is 821. The SMILES string of the molecule is COc1ccc([C@@H](CC(=O)N2CCC[C@H]2c2ccc(F)cc2)NC(C)=O)cc1. The zero-order valence-electron chi connectivity index (χ0n) is 16.2. The normalized spacial score (nSPS) is 17.2. The quantitative estimate of drug-likeness (QED) is 0.825. The molecule has 0 aromatic heterocycles. The van der Waals surface area contributed by atoms with Crippen LogP contribution in [0.3, 0.4) is 0 Å². The molecule has 0 saturated carbocycles. The van der Waals surface area contributed by atoms with E-state index in [2.05, 4.69) is 5.32 Å². The number of hydrogen-bond acceptors (Lipinski definition) is 3. The third-order valence-electron chi connectivity index (χ3n) is 5.10. The molecule has 0 aliphatic carbocycles. The number of methoxy groups -OCH3 is 1. The molecule has 5 nitrogen and oxygen atoms in total. The van der Waals surface area contributed by atoms with E-state index in [1.54, 1.807) is 19.2 Å². The molecule has 1 saturated heterocycles. The average molecular weight is 384 g/mol. The van der Waals surface area contributed by atoms with Crippen molar-refractivity contribution in [3.63, 3.8) is 0 Å². The molecule has 1 heterocycles. The molecule has 28 heavy (non-hydrogen) atoms. The van der Waals surface area contributed by atoms with Crippen molar-refractivity contribution >= 4 is 11.8 Å². The van der Waals surface area contributed by atoms with Gasteiger partial charge < -0.3 is 15.0 Å². The van der Waals surface area contributed by atoms with Gasteiger partial charge in [-0.25, -0.2) is 4.39 Å². The van der Waals surface area contributed by atoms with Crippen LogP contribution in [0.15, 0.2) is 48.5 Å². The van der Waals surface area contributed by atoms with Crippen molar-refractivity contribution in [2.75, 3.05) is 13.7 Å². The van der Waals surface area contributed by atoms with Crippen molar-refractivity contribution in [1.82, 2.24) is 10.2 Å². The zero-order valence-corrected chi connectivity index (χ0v) is 16.2. The number of ether oxygens (including phenoxy) is 1. The van der Waals surface area contributed by atoms with Crippen LogP contribution >= 0.6 is 0 Å². The second kappa shape index (κ2) is 8.87. The van der Waals surface area contributed by atoms with Crippen molar-refractivity contribution in [2.24, 2.45) is 0 Å². The van der Waals surface area contributed by atoms with Gasteiger partial charge in [0.1, 0.15) is 11.6 Å². The molecule has 2 atom stereocenters. The Balaban J connectivity index is 1.76. The van der Waals surface area contributed by atoms with E-state index in [4.69, 9.17) is 4.74 Å². The summed E-state index contributed by atoms with van der Waals surface area (Å²) in [7, 11) is 1.59. The lowest BCUT2D eigenvalue weighted by molar-refractivity contribution is -0.133. The first-order valence-corrected chi connectivity index (χ1v) is 9.44. The van der Waals surface area contributed by atoms with E-state index in [1.807, 2.05) is 29.2 Å². The molecule has 6 heteroatoms. The highest BCUT2D eigenvalue weighted by Gasteiger charge is 2.31. The lowest BCUT2D eigenvalue weighted by atomic mass is 10.0. The minimum atomic E-state index is -0.412. The van der Waals surface area contributed by atoms with Crippen molar-refractivity contribution in [3.8, 4) is 5.75 Å². The Morgan fingerprint density at radius 3 is 2.46 bits per heavy atom. The summed E-state index contributed by atoms with van der Waals surface area (Å²) in [5, 5.41) is 2.87. The smallest absolute Gasteiger partial charge is 0.225 e. The van der Waals surface area contributed by atoms with E-state index in [1.165, 1.54) is 19.1 Å². The molecule has 0 spiro atoms. The van der Waals surface area contributed by atoms with E-state index in [9.17, 15) is 14.0 Å². The van der Waals surface area contributed by atoms with Crippen molar-refractivity contribution < 1.29 is 18.7 Å². The van der Waals surface area contributed by atoms with E-state index >= 15 is 0 Å². The summed E-state index contributed by atoms with van der Waals surface area (Å²) >= 11 is 0. The summed E-state index contributed by atoms with van der Waals surface area (Å²) in [6.45, 7) is 2.11. The molecule has 0 unspecified atom stereocenters. The highest BCUT2D eigenvalue weighted by molar-refractivity contribution is 5.80. The number of nitrogens with zero attached hydrogens (tertiary/aromatic N) is 1. The second-order valence-electron chi connectivity index (χ2n) is 7.03. The molecule has 2 aromatic rings. The first kappa shape index (κ1) is 19.9. The number of carbonyl (C=O) groups is 2. The summed E-state index contributed by atoms with van der Waals surface area (Å²) in [6, 6.07) is 13.2. The van der Waals surface area contributed by atoms with Gasteiger partial charge in [-0.05, 0) is 48.2 Å². The van der Waals surface area contributed by atoms with Crippen LogP contribution in [0, 0.1) is 5.82 Å². The molecule has 2 aromatic carbocycles. The molecule has 3 rings (SSSR count). The first-order chi connectivity index (χ1) is 13.5. The lowest BCUT2D eigenvalue weighted by Crippen LogP contribution is -2.35. The average Bonchev–Trinajstić information content (AvgIpc) is 3.18. The topological polar surface area (TPSA) is 58.6 Å². The number of likely N-dealkylation sites (tertiary alicyclic amines) is 1. The number of carbonyl (C=O) groups excluding carboxylic acids is 2. The highest BCUT2D eigenvalue weighted by atomic mass is 19.1. The van der Waals surface area contributed by atoms with Crippen LogP contribution in [0.25, 0.3) is 0 Å². The molecular weight excluding hydrogens is 359 g/mol. The van der Waals surface area contributed by atoms with Gasteiger partial charge in [0.25, 0.3) is 0 Å². The molecule has 2 amide bonds. The van der Waals surface area contributed by atoms with Crippen LogP contribution in [0.5, 0.6) is 5.75 Å². The van der Waals surface area contributed by atoms with E-state index < -0.39 is 6.04 Å². The van der Waals surface area contributed by atoms with Crippen LogP contribution < -0.4 is 10.1 Å². The van der Waals surface area contributed by atoms with Gasteiger partial charge in [-0.3, -0.25) is 9.59 Å². The summed E-state index contributed by atoms with van der Waals surface area (Å²) in [4.78, 5) is 26.6.